The normalized spacial score (nSPS) is 15.4. The van der Waals surface area contributed by atoms with Gasteiger partial charge in [0.2, 0.25) is 5.91 Å². The highest BCUT2D eigenvalue weighted by molar-refractivity contribution is 6.30. The molecule has 27 heavy (non-hydrogen) atoms. The molecule has 0 saturated carbocycles. The van der Waals surface area contributed by atoms with Crippen LogP contribution < -0.4 is 5.32 Å². The van der Waals surface area contributed by atoms with E-state index in [1.807, 2.05) is 18.2 Å². The highest BCUT2D eigenvalue weighted by Crippen LogP contribution is 2.17. The van der Waals surface area contributed by atoms with Crippen molar-refractivity contribution in [3.05, 3.63) is 69.2 Å². The maximum atomic E-state index is 12.2. The lowest BCUT2D eigenvalue weighted by Gasteiger charge is -2.34. The van der Waals surface area contributed by atoms with Crippen molar-refractivity contribution >= 4 is 28.9 Å². The molecule has 2 aromatic rings. The molecular weight excluding hydrogens is 368 g/mol. The number of nitro benzene ring substituents is 1. The number of halogens is 1. The number of piperazine rings is 1. The van der Waals surface area contributed by atoms with Gasteiger partial charge in [-0.25, -0.2) is 0 Å². The zero-order valence-corrected chi connectivity index (χ0v) is 15.6. The van der Waals surface area contributed by atoms with E-state index in [1.165, 1.54) is 17.7 Å². The first-order valence-corrected chi connectivity index (χ1v) is 9.11. The van der Waals surface area contributed by atoms with E-state index in [0.29, 0.717) is 5.69 Å². The number of hydrogen-bond acceptors (Lipinski definition) is 5. The summed E-state index contributed by atoms with van der Waals surface area (Å²) in [5.74, 6) is -0.168. The minimum atomic E-state index is -0.477. The Morgan fingerprint density at radius 3 is 2.48 bits per heavy atom. The minimum Gasteiger partial charge on any atom is -0.325 e. The van der Waals surface area contributed by atoms with Crippen LogP contribution in [0.25, 0.3) is 0 Å². The molecule has 1 amide bonds. The number of carbonyl (C=O) groups is 1. The monoisotopic (exact) mass is 388 g/mol. The molecule has 0 atom stereocenters. The summed E-state index contributed by atoms with van der Waals surface area (Å²) in [4.78, 5) is 27.0. The quantitative estimate of drug-likeness (QED) is 0.608. The molecule has 1 aliphatic heterocycles. The summed E-state index contributed by atoms with van der Waals surface area (Å²) in [5, 5.41) is 14.3. The van der Waals surface area contributed by atoms with Gasteiger partial charge in [-0.05, 0) is 23.8 Å². The first-order valence-electron chi connectivity index (χ1n) is 8.73. The summed E-state index contributed by atoms with van der Waals surface area (Å²) in [6, 6.07) is 13.8. The molecule has 1 saturated heterocycles. The van der Waals surface area contributed by atoms with Crippen LogP contribution in [0.1, 0.15) is 5.56 Å². The summed E-state index contributed by atoms with van der Waals surface area (Å²) < 4.78 is 0. The first kappa shape index (κ1) is 19.3. The zero-order chi connectivity index (χ0) is 19.2. The van der Waals surface area contributed by atoms with Gasteiger partial charge in [0.05, 0.1) is 11.5 Å². The lowest BCUT2D eigenvalue weighted by atomic mass is 10.2. The average molecular weight is 389 g/mol. The van der Waals surface area contributed by atoms with E-state index in [4.69, 9.17) is 11.6 Å². The van der Waals surface area contributed by atoms with Crippen molar-refractivity contribution < 1.29 is 9.72 Å². The van der Waals surface area contributed by atoms with E-state index in [1.54, 1.807) is 12.1 Å². The SMILES string of the molecule is O=C(CN1CCN(Cc2cccc(Cl)c2)CC1)Nc1cccc([N+](=O)[O-])c1. The second-order valence-electron chi connectivity index (χ2n) is 6.54. The topological polar surface area (TPSA) is 78.7 Å². The van der Waals surface area contributed by atoms with E-state index in [0.717, 1.165) is 37.7 Å². The fourth-order valence-electron chi connectivity index (χ4n) is 3.10. The van der Waals surface area contributed by atoms with Gasteiger partial charge in [0.15, 0.2) is 0 Å². The molecule has 0 spiro atoms. The number of carbonyl (C=O) groups excluding carboxylic acids is 1. The highest BCUT2D eigenvalue weighted by atomic mass is 35.5. The van der Waals surface area contributed by atoms with Crippen LogP contribution in [-0.4, -0.2) is 53.4 Å². The van der Waals surface area contributed by atoms with Crippen molar-refractivity contribution in [1.29, 1.82) is 0 Å². The second kappa shape index (κ2) is 8.94. The van der Waals surface area contributed by atoms with Gasteiger partial charge in [0.1, 0.15) is 0 Å². The fraction of sp³-hybridized carbons (Fsp3) is 0.316. The van der Waals surface area contributed by atoms with Crippen molar-refractivity contribution in [2.45, 2.75) is 6.54 Å². The van der Waals surface area contributed by atoms with Crippen LogP contribution >= 0.6 is 11.6 Å². The van der Waals surface area contributed by atoms with Crippen LogP contribution in [0.3, 0.4) is 0 Å². The van der Waals surface area contributed by atoms with E-state index in [2.05, 4.69) is 21.2 Å². The lowest BCUT2D eigenvalue weighted by molar-refractivity contribution is -0.384. The Labute approximate surface area is 162 Å². The smallest absolute Gasteiger partial charge is 0.271 e. The Morgan fingerprint density at radius 2 is 1.78 bits per heavy atom. The predicted molar refractivity (Wildman–Crippen MR) is 105 cm³/mol. The number of non-ortho nitro benzene ring substituents is 1. The summed E-state index contributed by atoms with van der Waals surface area (Å²) in [6.45, 7) is 4.45. The maximum absolute atomic E-state index is 12.2. The van der Waals surface area contributed by atoms with E-state index in [-0.39, 0.29) is 18.1 Å². The van der Waals surface area contributed by atoms with Crippen LogP contribution in [0.4, 0.5) is 11.4 Å². The molecule has 3 rings (SSSR count). The van der Waals surface area contributed by atoms with Gasteiger partial charge in [-0.2, -0.15) is 0 Å². The first-order chi connectivity index (χ1) is 13.0. The number of nitrogens with one attached hydrogen (secondary N) is 1. The van der Waals surface area contributed by atoms with Crippen LogP contribution in [-0.2, 0) is 11.3 Å². The molecule has 0 radical (unpaired) electrons. The Kier molecular flexibility index (Phi) is 6.39. The van der Waals surface area contributed by atoms with E-state index >= 15 is 0 Å². The third-order valence-corrected chi connectivity index (χ3v) is 4.70. The third kappa shape index (κ3) is 5.75. The molecule has 0 aromatic heterocycles. The number of anilines is 1. The summed E-state index contributed by atoms with van der Waals surface area (Å²) in [7, 11) is 0. The van der Waals surface area contributed by atoms with Crippen molar-refractivity contribution in [2.75, 3.05) is 38.0 Å². The zero-order valence-electron chi connectivity index (χ0n) is 14.8. The average Bonchev–Trinajstić information content (AvgIpc) is 2.63. The second-order valence-corrected chi connectivity index (χ2v) is 6.97. The lowest BCUT2D eigenvalue weighted by Crippen LogP contribution is -2.48. The van der Waals surface area contributed by atoms with Gasteiger partial charge in [-0.15, -0.1) is 0 Å². The number of rotatable bonds is 6. The van der Waals surface area contributed by atoms with Gasteiger partial charge in [-0.3, -0.25) is 24.7 Å². The molecule has 8 heteroatoms. The molecule has 7 nitrogen and oxygen atoms in total. The van der Waals surface area contributed by atoms with Crippen molar-refractivity contribution in [3.63, 3.8) is 0 Å². The number of hydrogen-bond donors (Lipinski definition) is 1. The van der Waals surface area contributed by atoms with Crippen LogP contribution in [0.2, 0.25) is 5.02 Å². The molecule has 0 aliphatic carbocycles. The Bertz CT molecular complexity index is 822. The molecule has 1 fully saturated rings. The molecule has 1 N–H and O–H groups in total. The largest absolute Gasteiger partial charge is 0.325 e. The summed E-state index contributed by atoms with van der Waals surface area (Å²) in [6.07, 6.45) is 0. The van der Waals surface area contributed by atoms with Crippen molar-refractivity contribution in [1.82, 2.24) is 9.80 Å². The number of amides is 1. The third-order valence-electron chi connectivity index (χ3n) is 4.47. The summed E-state index contributed by atoms with van der Waals surface area (Å²) >= 11 is 6.03. The Hall–Kier alpha value is -2.48. The number of nitro groups is 1. The Balaban J connectivity index is 1.45. The molecule has 0 bridgehead atoms. The van der Waals surface area contributed by atoms with Crippen LogP contribution in [0.5, 0.6) is 0 Å². The maximum Gasteiger partial charge on any atom is 0.271 e. The Morgan fingerprint density at radius 1 is 1.07 bits per heavy atom. The molecule has 2 aromatic carbocycles. The predicted octanol–water partition coefficient (Wildman–Crippen LogP) is 3.00. The standard InChI is InChI=1S/C19H21ClN4O3/c20-16-4-1-3-15(11-16)13-22-7-9-23(10-8-22)14-19(25)21-17-5-2-6-18(12-17)24(26)27/h1-6,11-12H,7-10,13-14H2,(H,21,25). The molecular formula is C19H21ClN4O3. The number of nitrogens with zero attached hydrogens (tertiary/aromatic N) is 3. The summed E-state index contributed by atoms with van der Waals surface area (Å²) in [5.41, 5.74) is 1.58. The number of benzene rings is 2. The van der Waals surface area contributed by atoms with Gasteiger partial charge in [0.25, 0.3) is 5.69 Å². The molecule has 1 aliphatic rings. The van der Waals surface area contributed by atoms with Crippen molar-refractivity contribution in [3.8, 4) is 0 Å². The van der Waals surface area contributed by atoms with Crippen molar-refractivity contribution in [2.24, 2.45) is 0 Å². The molecule has 0 unspecified atom stereocenters. The van der Waals surface area contributed by atoms with E-state index in [9.17, 15) is 14.9 Å². The van der Waals surface area contributed by atoms with Crippen LogP contribution in [0, 0.1) is 10.1 Å². The van der Waals surface area contributed by atoms with Crippen LogP contribution in [0.15, 0.2) is 48.5 Å². The fourth-order valence-corrected chi connectivity index (χ4v) is 3.31. The van der Waals surface area contributed by atoms with E-state index < -0.39 is 4.92 Å². The van der Waals surface area contributed by atoms with Gasteiger partial charge in [-0.1, -0.05) is 29.8 Å². The molecule has 142 valence electrons. The van der Waals surface area contributed by atoms with Gasteiger partial charge in [0, 0.05) is 55.6 Å². The van der Waals surface area contributed by atoms with Gasteiger partial charge < -0.3 is 5.32 Å². The molecule has 1 heterocycles. The minimum absolute atomic E-state index is 0.0394. The van der Waals surface area contributed by atoms with Gasteiger partial charge >= 0.3 is 0 Å². The highest BCUT2D eigenvalue weighted by Gasteiger charge is 2.19.